The predicted octanol–water partition coefficient (Wildman–Crippen LogP) is 14.9. The molecule has 0 saturated heterocycles. The number of hydrogen-bond donors (Lipinski definition) is 0. The fourth-order valence-corrected chi connectivity index (χ4v) is 8.23. The molecule has 11 aromatic rings. The Morgan fingerprint density at radius 3 is 0.959 bits per heavy atom. The van der Waals surface area contributed by atoms with Crippen molar-refractivity contribution >= 4 is 71.5 Å². The molecule has 0 bridgehead atoms. The lowest BCUT2D eigenvalue weighted by Crippen LogP contribution is -2.21. The molecule has 5 aromatic heterocycles. The number of pyridine rings is 5. The summed E-state index contributed by atoms with van der Waals surface area (Å²) in [6, 6.07) is 68.2. The molecule has 0 N–H and O–H groups in total. The summed E-state index contributed by atoms with van der Waals surface area (Å²) < 4.78 is 0. The maximum absolute atomic E-state index is 12.4. The summed E-state index contributed by atoms with van der Waals surface area (Å²) >= 11 is 0. The monoisotopic (exact) mass is 1310 g/mol. The molecule has 0 aliphatic heterocycles. The van der Waals surface area contributed by atoms with Crippen LogP contribution in [0, 0.1) is 13.8 Å². The van der Waals surface area contributed by atoms with Crippen molar-refractivity contribution in [2.45, 2.75) is 27.7 Å². The number of nitrogens with zero attached hydrogens (tertiary/aromatic N) is 9. The fraction of sp³-hybridized carbons (Fsp3) is 0.148. The molecular formula is C81H83N9O8. The number of rotatable bonds is 17. The molecule has 0 spiro atoms. The zero-order chi connectivity index (χ0) is 71.5. The van der Waals surface area contributed by atoms with Crippen LogP contribution in [0.4, 0.5) is 22.7 Å². The quantitative estimate of drug-likeness (QED) is 0.0612. The second-order valence-electron chi connectivity index (χ2n) is 21.7. The van der Waals surface area contributed by atoms with E-state index in [-0.39, 0.29) is 17.3 Å². The van der Waals surface area contributed by atoms with Gasteiger partial charge in [-0.3, -0.25) is 63.3 Å². The van der Waals surface area contributed by atoms with Gasteiger partial charge in [-0.2, -0.15) is 0 Å². The van der Waals surface area contributed by atoms with E-state index in [1.54, 1.807) is 116 Å². The van der Waals surface area contributed by atoms with Crippen molar-refractivity contribution in [1.82, 2.24) is 24.9 Å². The summed E-state index contributed by atoms with van der Waals surface area (Å²) in [6.07, 6.45) is 15.1. The molecular weight excluding hydrogens is 1230 g/mol. The first-order chi connectivity index (χ1) is 47.4. The number of aryl methyl sites for hydroxylation is 2. The van der Waals surface area contributed by atoms with Gasteiger partial charge < -0.3 is 19.6 Å². The minimum Gasteiger partial charge on any atom is -0.378 e. The first-order valence-electron chi connectivity index (χ1n) is 31.1. The van der Waals surface area contributed by atoms with Crippen molar-refractivity contribution in [3.8, 4) is 0 Å². The van der Waals surface area contributed by atoms with E-state index in [2.05, 4.69) is 43.7 Å². The third kappa shape index (κ3) is 28.5. The molecule has 11 rings (SSSR count). The third-order valence-corrected chi connectivity index (χ3v) is 13.9. The minimum atomic E-state index is -0.147. The van der Waals surface area contributed by atoms with Gasteiger partial charge in [0, 0.05) is 166 Å². The van der Waals surface area contributed by atoms with E-state index >= 15 is 0 Å². The van der Waals surface area contributed by atoms with Crippen LogP contribution in [0.15, 0.2) is 268 Å². The van der Waals surface area contributed by atoms with E-state index < -0.39 is 0 Å². The van der Waals surface area contributed by atoms with Crippen LogP contribution in [-0.4, -0.2) is 129 Å². The summed E-state index contributed by atoms with van der Waals surface area (Å²) in [5.74, 6) is -0.0112. The fourth-order valence-electron chi connectivity index (χ4n) is 8.23. The summed E-state index contributed by atoms with van der Waals surface area (Å²) in [5.41, 5.74) is 13.8. The molecule has 17 heteroatoms. The first kappa shape index (κ1) is 78.1. The molecule has 0 atom stereocenters. The van der Waals surface area contributed by atoms with Gasteiger partial charge >= 0.3 is 0 Å². The van der Waals surface area contributed by atoms with Gasteiger partial charge in [0.05, 0.1) is 0 Å². The molecule has 17 nitrogen and oxygen atoms in total. The van der Waals surface area contributed by atoms with Gasteiger partial charge in [-0.1, -0.05) is 77.9 Å². The Balaban J connectivity index is 0.000000245. The largest absolute Gasteiger partial charge is 0.378 e. The summed E-state index contributed by atoms with van der Waals surface area (Å²) in [4.78, 5) is 114. The molecule has 500 valence electrons. The standard InChI is InChI=1S/C18H21NO.C17H20N2O.C11H8N2O.C9H11NO.C8H8O.3C6H5NO/c1-4-19(5-2)17-12-10-16(11-13-17)18(20)15-8-6-14(3)7-9-15;1-18(2)15-9-5-13(6-10-15)17(20)14-7-11-16(12-8-14)19(3)4;14-11(9-5-1-3-7-12-9)10-6-2-4-8-13-10;1-10(2)9-5-3-8(7-11)4-6-9;1-7-2-4-8(6-9)5-3-7;8-5-6-1-3-7-4-2-6;8-5-6-2-1-3-7-4-6;8-5-6-3-1-2-4-7-6/h6-13H,4-5H2,1-3H3;5-12H,1-4H3;1-8H;3-7H,1-2H3;2-6H,1H3;3*1-5H. The van der Waals surface area contributed by atoms with Crippen LogP contribution in [0.5, 0.6) is 0 Å². The number of anilines is 4. The van der Waals surface area contributed by atoms with Crippen LogP contribution in [-0.2, 0) is 0 Å². The van der Waals surface area contributed by atoms with Gasteiger partial charge in [0.1, 0.15) is 35.9 Å². The maximum atomic E-state index is 12.4. The topological polar surface area (TPSA) is 214 Å². The average molecular weight is 1310 g/mol. The number of benzene rings is 6. The molecule has 6 aromatic carbocycles. The van der Waals surface area contributed by atoms with Crippen LogP contribution in [0.2, 0.25) is 0 Å². The maximum Gasteiger partial charge on any atom is 0.229 e. The van der Waals surface area contributed by atoms with Gasteiger partial charge in [-0.25, -0.2) is 0 Å². The van der Waals surface area contributed by atoms with E-state index in [0.29, 0.717) is 39.3 Å². The SMILES string of the molecule is CCN(CC)c1ccc(C(=O)c2ccc(C)cc2)cc1.CN(C)c1ccc(C(=O)c2ccc(N(C)C)cc2)cc1.CN(C)c1ccc(C=O)cc1.Cc1ccc(C=O)cc1.O=C(c1ccccn1)c1ccccn1.O=Cc1ccccn1.O=Cc1cccnc1.O=Cc1ccncc1. The third-order valence-electron chi connectivity index (χ3n) is 13.9. The van der Waals surface area contributed by atoms with E-state index in [1.165, 1.54) is 17.3 Å². The highest BCUT2D eigenvalue weighted by molar-refractivity contribution is 6.10. The molecule has 0 aliphatic carbocycles. The van der Waals surface area contributed by atoms with Crippen LogP contribution < -0.4 is 19.6 Å². The number of ketones is 3. The van der Waals surface area contributed by atoms with Crippen LogP contribution >= 0.6 is 0 Å². The zero-order valence-corrected chi connectivity index (χ0v) is 57.0. The Labute approximate surface area is 575 Å². The first-order valence-corrected chi connectivity index (χ1v) is 31.1. The second kappa shape index (κ2) is 44.3. The molecule has 0 unspecified atom stereocenters. The zero-order valence-electron chi connectivity index (χ0n) is 57.0. The molecule has 0 amide bonds. The Kier molecular flexibility index (Phi) is 35.3. The van der Waals surface area contributed by atoms with Crippen LogP contribution in [0.3, 0.4) is 0 Å². The lowest BCUT2D eigenvalue weighted by Gasteiger charge is -2.21. The molecule has 98 heavy (non-hydrogen) atoms. The smallest absolute Gasteiger partial charge is 0.229 e. The number of aromatic nitrogens is 5. The van der Waals surface area contributed by atoms with Crippen molar-refractivity contribution in [3.05, 3.63) is 341 Å². The van der Waals surface area contributed by atoms with Crippen molar-refractivity contribution < 1.29 is 38.4 Å². The van der Waals surface area contributed by atoms with Gasteiger partial charge in [-0.05, 0) is 185 Å². The summed E-state index contributed by atoms with van der Waals surface area (Å²) in [6.45, 7) is 10.2. The minimum absolute atomic E-state index is 0.0561. The highest BCUT2D eigenvalue weighted by atomic mass is 16.1. The lowest BCUT2D eigenvalue weighted by atomic mass is 10.0. The van der Waals surface area contributed by atoms with Crippen LogP contribution in [0.25, 0.3) is 0 Å². The number of hydrogen-bond acceptors (Lipinski definition) is 17. The highest BCUT2D eigenvalue weighted by Crippen LogP contribution is 2.20. The molecule has 5 heterocycles. The average Bonchev–Trinajstić information content (AvgIpc) is 1.04. The van der Waals surface area contributed by atoms with Gasteiger partial charge in [0.2, 0.25) is 5.78 Å². The van der Waals surface area contributed by atoms with Crippen molar-refractivity contribution in [1.29, 1.82) is 0 Å². The van der Waals surface area contributed by atoms with Crippen molar-refractivity contribution in [3.63, 3.8) is 0 Å². The Hall–Kier alpha value is -12.4. The Morgan fingerprint density at radius 2 is 0.663 bits per heavy atom. The molecule has 0 aliphatic rings. The van der Waals surface area contributed by atoms with Crippen molar-refractivity contribution in [2.24, 2.45) is 0 Å². The molecule has 0 radical (unpaired) electrons. The van der Waals surface area contributed by atoms with Gasteiger partial charge in [0.25, 0.3) is 0 Å². The van der Waals surface area contributed by atoms with E-state index in [9.17, 15) is 38.4 Å². The Morgan fingerprint density at radius 1 is 0.316 bits per heavy atom. The molecule has 0 fully saturated rings. The molecule has 0 saturated carbocycles. The van der Waals surface area contributed by atoms with Gasteiger partial charge in [0.15, 0.2) is 24.1 Å². The van der Waals surface area contributed by atoms with Gasteiger partial charge in [-0.15, -0.1) is 0 Å². The summed E-state index contributed by atoms with van der Waals surface area (Å²) in [7, 11) is 11.9. The normalized spacial score (nSPS) is 9.53. The number of carbonyl (C=O) groups excluding carboxylic acids is 8. The lowest BCUT2D eigenvalue weighted by molar-refractivity contribution is 0.102. The Bertz CT molecular complexity index is 3890. The predicted molar refractivity (Wildman–Crippen MR) is 393 cm³/mol. The number of aldehydes is 5. The number of carbonyl (C=O) groups is 8. The van der Waals surface area contributed by atoms with Crippen molar-refractivity contribution in [2.75, 3.05) is 75.0 Å². The van der Waals surface area contributed by atoms with E-state index in [4.69, 9.17) is 0 Å². The summed E-state index contributed by atoms with van der Waals surface area (Å²) in [5, 5.41) is 0. The van der Waals surface area contributed by atoms with E-state index in [0.717, 1.165) is 89.5 Å². The van der Waals surface area contributed by atoms with Crippen LogP contribution in [0.1, 0.15) is 125 Å². The second-order valence-corrected chi connectivity index (χ2v) is 21.7. The van der Waals surface area contributed by atoms with E-state index in [1.807, 2.05) is 216 Å². The highest BCUT2D eigenvalue weighted by Gasteiger charge is 2.12.